The van der Waals surface area contributed by atoms with Crippen LogP contribution >= 0.6 is 0 Å². The van der Waals surface area contributed by atoms with Crippen LogP contribution in [0.15, 0.2) is 18.5 Å². The minimum absolute atomic E-state index is 0.656. The molecule has 2 heteroatoms. The van der Waals surface area contributed by atoms with Gasteiger partial charge in [0.15, 0.2) is 0 Å². The normalized spacial score (nSPS) is 18.8. The fourth-order valence-electron chi connectivity index (χ4n) is 2.44. The second-order valence-electron chi connectivity index (χ2n) is 4.88. The van der Waals surface area contributed by atoms with Gasteiger partial charge in [0.25, 0.3) is 0 Å². The third kappa shape index (κ3) is 3.22. The zero-order valence-electron chi connectivity index (χ0n) is 10.2. The van der Waals surface area contributed by atoms with Crippen molar-refractivity contribution in [3.63, 3.8) is 0 Å². The van der Waals surface area contributed by atoms with Gasteiger partial charge in [-0.2, -0.15) is 0 Å². The molecule has 0 aromatic carbocycles. The zero-order valence-corrected chi connectivity index (χ0v) is 10.2. The number of pyridine rings is 1. The number of anilines is 1. The summed E-state index contributed by atoms with van der Waals surface area (Å²) < 4.78 is 0. The van der Waals surface area contributed by atoms with Gasteiger partial charge < -0.3 is 5.32 Å². The standard InChI is InChI=1S/C14H22N2/c1-12-9-10-15-11-14(12)16-13-7-5-3-2-4-6-8-13/h9-11,13,16H,2-8H2,1H3. The number of nitrogens with one attached hydrogen (secondary N) is 1. The molecule has 1 aromatic rings. The third-order valence-corrected chi connectivity index (χ3v) is 3.50. The Balaban J connectivity index is 1.94. The Kier molecular flexibility index (Phi) is 4.20. The summed E-state index contributed by atoms with van der Waals surface area (Å²) in [7, 11) is 0. The summed E-state index contributed by atoms with van der Waals surface area (Å²) in [6.45, 7) is 2.15. The highest BCUT2D eigenvalue weighted by molar-refractivity contribution is 5.48. The number of hydrogen-bond acceptors (Lipinski definition) is 2. The van der Waals surface area contributed by atoms with Gasteiger partial charge >= 0.3 is 0 Å². The Labute approximate surface area is 98.5 Å². The number of aromatic nitrogens is 1. The van der Waals surface area contributed by atoms with E-state index in [1.807, 2.05) is 12.4 Å². The smallest absolute Gasteiger partial charge is 0.0558 e. The molecule has 0 amide bonds. The summed E-state index contributed by atoms with van der Waals surface area (Å²) in [4.78, 5) is 4.19. The van der Waals surface area contributed by atoms with Gasteiger partial charge in [-0.1, -0.05) is 32.1 Å². The Morgan fingerprint density at radius 1 is 1.12 bits per heavy atom. The fraction of sp³-hybridized carbons (Fsp3) is 0.643. The van der Waals surface area contributed by atoms with Crippen molar-refractivity contribution in [2.75, 3.05) is 5.32 Å². The van der Waals surface area contributed by atoms with E-state index in [0.29, 0.717) is 6.04 Å². The van der Waals surface area contributed by atoms with Crippen molar-refractivity contribution in [2.45, 2.75) is 57.9 Å². The van der Waals surface area contributed by atoms with Crippen LogP contribution in [0.5, 0.6) is 0 Å². The summed E-state index contributed by atoms with van der Waals surface area (Å²) in [5, 5.41) is 3.65. The highest BCUT2D eigenvalue weighted by atomic mass is 14.9. The van der Waals surface area contributed by atoms with Crippen molar-refractivity contribution in [3.8, 4) is 0 Å². The van der Waals surface area contributed by atoms with Gasteiger partial charge in [0.2, 0.25) is 0 Å². The predicted molar refractivity (Wildman–Crippen MR) is 68.7 cm³/mol. The number of hydrogen-bond donors (Lipinski definition) is 1. The predicted octanol–water partition coefficient (Wildman–Crippen LogP) is 3.91. The molecule has 0 radical (unpaired) electrons. The van der Waals surface area contributed by atoms with E-state index in [0.717, 1.165) is 0 Å². The van der Waals surface area contributed by atoms with Crippen LogP contribution in [0, 0.1) is 6.92 Å². The highest BCUT2D eigenvalue weighted by Crippen LogP contribution is 2.21. The average molecular weight is 218 g/mol. The molecular formula is C14H22N2. The lowest BCUT2D eigenvalue weighted by atomic mass is 9.96. The van der Waals surface area contributed by atoms with Crippen molar-refractivity contribution < 1.29 is 0 Å². The molecular weight excluding hydrogens is 196 g/mol. The molecule has 1 aliphatic carbocycles. The van der Waals surface area contributed by atoms with E-state index in [9.17, 15) is 0 Å². The van der Waals surface area contributed by atoms with Gasteiger partial charge in [0.1, 0.15) is 0 Å². The van der Waals surface area contributed by atoms with Crippen LogP contribution in [0.1, 0.15) is 50.5 Å². The van der Waals surface area contributed by atoms with Gasteiger partial charge in [0, 0.05) is 12.2 Å². The van der Waals surface area contributed by atoms with E-state index in [1.54, 1.807) is 0 Å². The van der Waals surface area contributed by atoms with Gasteiger partial charge in [-0.3, -0.25) is 4.98 Å². The molecule has 16 heavy (non-hydrogen) atoms. The monoisotopic (exact) mass is 218 g/mol. The zero-order chi connectivity index (χ0) is 11.2. The van der Waals surface area contributed by atoms with Crippen molar-refractivity contribution in [2.24, 2.45) is 0 Å². The molecule has 1 aliphatic rings. The molecule has 2 rings (SSSR count). The molecule has 0 unspecified atom stereocenters. The summed E-state index contributed by atoms with van der Waals surface area (Å²) in [6, 6.07) is 2.73. The van der Waals surface area contributed by atoms with Crippen LogP contribution in [0.2, 0.25) is 0 Å². The molecule has 0 spiro atoms. The van der Waals surface area contributed by atoms with Gasteiger partial charge in [-0.05, 0) is 31.4 Å². The lowest BCUT2D eigenvalue weighted by molar-refractivity contribution is 0.471. The highest BCUT2D eigenvalue weighted by Gasteiger charge is 2.11. The summed E-state index contributed by atoms with van der Waals surface area (Å²) in [6.07, 6.45) is 13.4. The Hall–Kier alpha value is -1.05. The fourth-order valence-corrected chi connectivity index (χ4v) is 2.44. The minimum Gasteiger partial charge on any atom is -0.381 e. The van der Waals surface area contributed by atoms with E-state index >= 15 is 0 Å². The molecule has 1 aromatic heterocycles. The van der Waals surface area contributed by atoms with Crippen LogP contribution in [-0.4, -0.2) is 11.0 Å². The average Bonchev–Trinajstić information content (AvgIpc) is 2.24. The quantitative estimate of drug-likeness (QED) is 0.814. The van der Waals surface area contributed by atoms with Crippen molar-refractivity contribution >= 4 is 5.69 Å². The minimum atomic E-state index is 0.656. The maximum absolute atomic E-state index is 4.19. The molecule has 0 aliphatic heterocycles. The summed E-state index contributed by atoms with van der Waals surface area (Å²) in [5.41, 5.74) is 2.52. The Bertz CT molecular complexity index is 314. The lowest BCUT2D eigenvalue weighted by Gasteiger charge is -2.22. The van der Waals surface area contributed by atoms with E-state index < -0.39 is 0 Å². The first kappa shape index (κ1) is 11.4. The number of aryl methyl sites for hydroxylation is 1. The van der Waals surface area contributed by atoms with Crippen LogP contribution in [0.3, 0.4) is 0 Å². The van der Waals surface area contributed by atoms with Crippen LogP contribution in [0.25, 0.3) is 0 Å². The van der Waals surface area contributed by atoms with E-state index in [-0.39, 0.29) is 0 Å². The van der Waals surface area contributed by atoms with Crippen molar-refractivity contribution in [3.05, 3.63) is 24.0 Å². The lowest BCUT2D eigenvalue weighted by Crippen LogP contribution is -2.21. The molecule has 2 nitrogen and oxygen atoms in total. The molecule has 0 bridgehead atoms. The van der Waals surface area contributed by atoms with Crippen LogP contribution in [-0.2, 0) is 0 Å². The molecule has 0 saturated heterocycles. The van der Waals surface area contributed by atoms with E-state index in [4.69, 9.17) is 0 Å². The maximum atomic E-state index is 4.19. The third-order valence-electron chi connectivity index (χ3n) is 3.50. The van der Waals surface area contributed by atoms with Gasteiger partial charge in [-0.15, -0.1) is 0 Å². The summed E-state index contributed by atoms with van der Waals surface area (Å²) in [5.74, 6) is 0. The molecule has 0 atom stereocenters. The molecule has 88 valence electrons. The first-order valence-electron chi connectivity index (χ1n) is 6.53. The first-order chi connectivity index (χ1) is 7.86. The van der Waals surface area contributed by atoms with Crippen molar-refractivity contribution in [1.82, 2.24) is 4.98 Å². The second-order valence-corrected chi connectivity index (χ2v) is 4.88. The largest absolute Gasteiger partial charge is 0.381 e. The van der Waals surface area contributed by atoms with Crippen LogP contribution < -0.4 is 5.32 Å². The topological polar surface area (TPSA) is 24.9 Å². The molecule has 1 saturated carbocycles. The molecule has 1 fully saturated rings. The van der Waals surface area contributed by atoms with Gasteiger partial charge in [0.05, 0.1) is 11.9 Å². The van der Waals surface area contributed by atoms with Gasteiger partial charge in [-0.25, -0.2) is 0 Å². The number of nitrogens with zero attached hydrogens (tertiary/aromatic N) is 1. The molecule has 1 heterocycles. The van der Waals surface area contributed by atoms with Crippen molar-refractivity contribution in [1.29, 1.82) is 0 Å². The number of rotatable bonds is 2. The van der Waals surface area contributed by atoms with E-state index in [1.165, 1.54) is 56.2 Å². The Morgan fingerprint density at radius 2 is 1.81 bits per heavy atom. The molecule has 1 N–H and O–H groups in total. The van der Waals surface area contributed by atoms with Crippen LogP contribution in [0.4, 0.5) is 5.69 Å². The first-order valence-corrected chi connectivity index (χ1v) is 6.53. The maximum Gasteiger partial charge on any atom is 0.0558 e. The Morgan fingerprint density at radius 3 is 2.50 bits per heavy atom. The SMILES string of the molecule is Cc1ccncc1NC1CCCCCCC1. The second kappa shape index (κ2) is 5.88. The van der Waals surface area contributed by atoms with E-state index in [2.05, 4.69) is 23.3 Å². The summed E-state index contributed by atoms with van der Waals surface area (Å²) >= 11 is 0.